The first-order chi connectivity index (χ1) is 9.88. The summed E-state index contributed by atoms with van der Waals surface area (Å²) in [6.45, 7) is 8.38. The van der Waals surface area contributed by atoms with E-state index in [4.69, 9.17) is 0 Å². The van der Waals surface area contributed by atoms with Crippen LogP contribution >= 0.6 is 0 Å². The monoisotopic (exact) mass is 286 g/mol. The summed E-state index contributed by atoms with van der Waals surface area (Å²) in [5.74, 6) is -0.784. The Morgan fingerprint density at radius 1 is 1.38 bits per heavy atom. The largest absolute Gasteiger partial charge is 0.480 e. The number of aromatic nitrogens is 1. The Labute approximate surface area is 124 Å². The van der Waals surface area contributed by atoms with Crippen molar-refractivity contribution in [3.63, 3.8) is 0 Å². The fourth-order valence-corrected chi connectivity index (χ4v) is 3.16. The van der Waals surface area contributed by atoms with Crippen LogP contribution in [0.4, 0.5) is 0 Å². The van der Waals surface area contributed by atoms with Gasteiger partial charge in [0.25, 0.3) is 0 Å². The molecule has 2 N–H and O–H groups in total. The maximum atomic E-state index is 11.2. The molecule has 0 spiro atoms. The molecule has 0 amide bonds. The van der Waals surface area contributed by atoms with Gasteiger partial charge in [-0.05, 0) is 28.7 Å². The molecule has 1 aromatic heterocycles. The zero-order chi connectivity index (χ0) is 15.2. The summed E-state index contributed by atoms with van der Waals surface area (Å²) >= 11 is 0. The molecule has 0 saturated carbocycles. The summed E-state index contributed by atoms with van der Waals surface area (Å²) in [4.78, 5) is 11.2. The van der Waals surface area contributed by atoms with Crippen LogP contribution in [0.5, 0.6) is 0 Å². The molecule has 4 heteroatoms. The van der Waals surface area contributed by atoms with Crippen molar-refractivity contribution < 1.29 is 9.90 Å². The highest BCUT2D eigenvalue weighted by Gasteiger charge is 2.23. The molecule has 0 saturated heterocycles. The first-order valence-corrected chi connectivity index (χ1v) is 7.45. The van der Waals surface area contributed by atoms with E-state index in [1.54, 1.807) is 0 Å². The van der Waals surface area contributed by atoms with E-state index < -0.39 is 5.97 Å². The van der Waals surface area contributed by atoms with Gasteiger partial charge in [0.2, 0.25) is 0 Å². The fourth-order valence-electron chi connectivity index (χ4n) is 3.16. The van der Waals surface area contributed by atoms with E-state index >= 15 is 0 Å². The quantitative estimate of drug-likeness (QED) is 0.892. The van der Waals surface area contributed by atoms with Crippen LogP contribution in [0.3, 0.4) is 0 Å². The number of hydrogen-bond acceptors (Lipinski definition) is 2. The average molecular weight is 286 g/mol. The second-order valence-corrected chi connectivity index (χ2v) is 6.81. The number of fused-ring (bicyclic) bond motifs is 3. The third-order valence-electron chi connectivity index (χ3n) is 4.29. The summed E-state index contributed by atoms with van der Waals surface area (Å²) in [6, 6.07) is 6.44. The molecule has 0 radical (unpaired) electrons. The highest BCUT2D eigenvalue weighted by Crippen LogP contribution is 2.32. The average Bonchev–Trinajstić information content (AvgIpc) is 2.72. The van der Waals surface area contributed by atoms with Crippen LogP contribution in [0.25, 0.3) is 10.9 Å². The SMILES string of the molecule is CC(C)(C)c1ccc2c(c1)c1c(n2CC(=O)O)CCNC1. The van der Waals surface area contributed by atoms with Crippen molar-refractivity contribution in [1.29, 1.82) is 0 Å². The van der Waals surface area contributed by atoms with Crippen LogP contribution in [-0.2, 0) is 29.7 Å². The maximum absolute atomic E-state index is 11.2. The predicted octanol–water partition coefficient (Wildman–Crippen LogP) is 2.67. The van der Waals surface area contributed by atoms with Crippen molar-refractivity contribution in [2.75, 3.05) is 6.54 Å². The zero-order valence-electron chi connectivity index (χ0n) is 12.9. The smallest absolute Gasteiger partial charge is 0.323 e. The molecular formula is C17H22N2O2. The lowest BCUT2D eigenvalue weighted by Gasteiger charge is -2.19. The minimum Gasteiger partial charge on any atom is -0.480 e. The fraction of sp³-hybridized carbons (Fsp3) is 0.471. The van der Waals surface area contributed by atoms with E-state index in [0.29, 0.717) is 0 Å². The Balaban J connectivity index is 2.25. The summed E-state index contributed by atoms with van der Waals surface area (Å²) in [7, 11) is 0. The molecule has 3 rings (SSSR count). The molecule has 0 unspecified atom stereocenters. The minimum absolute atomic E-state index is 0.0424. The first kappa shape index (κ1) is 14.1. The van der Waals surface area contributed by atoms with Gasteiger partial charge < -0.3 is 15.0 Å². The topological polar surface area (TPSA) is 54.3 Å². The molecule has 0 aliphatic carbocycles. The van der Waals surface area contributed by atoms with E-state index in [9.17, 15) is 9.90 Å². The van der Waals surface area contributed by atoms with Crippen LogP contribution in [0.1, 0.15) is 37.6 Å². The predicted molar refractivity (Wildman–Crippen MR) is 83.7 cm³/mol. The number of nitrogens with one attached hydrogen (secondary N) is 1. The molecule has 1 aromatic carbocycles. The number of nitrogens with zero attached hydrogens (tertiary/aromatic N) is 1. The molecule has 2 aromatic rings. The van der Waals surface area contributed by atoms with Gasteiger partial charge in [-0.3, -0.25) is 4.79 Å². The van der Waals surface area contributed by atoms with Gasteiger partial charge in [-0.25, -0.2) is 0 Å². The van der Waals surface area contributed by atoms with Gasteiger partial charge in [-0.2, -0.15) is 0 Å². The van der Waals surface area contributed by atoms with Gasteiger partial charge in [-0.15, -0.1) is 0 Å². The van der Waals surface area contributed by atoms with Gasteiger partial charge >= 0.3 is 5.97 Å². The van der Waals surface area contributed by atoms with E-state index in [2.05, 4.69) is 44.3 Å². The van der Waals surface area contributed by atoms with Crippen LogP contribution in [0.2, 0.25) is 0 Å². The Hall–Kier alpha value is -1.81. The molecule has 21 heavy (non-hydrogen) atoms. The summed E-state index contributed by atoms with van der Waals surface area (Å²) < 4.78 is 1.97. The maximum Gasteiger partial charge on any atom is 0.323 e. The second kappa shape index (κ2) is 4.88. The molecule has 0 atom stereocenters. The van der Waals surface area contributed by atoms with E-state index in [1.165, 1.54) is 22.2 Å². The minimum atomic E-state index is -0.784. The van der Waals surface area contributed by atoms with Crippen molar-refractivity contribution in [3.05, 3.63) is 35.0 Å². The van der Waals surface area contributed by atoms with Gasteiger partial charge in [-0.1, -0.05) is 26.8 Å². The van der Waals surface area contributed by atoms with E-state index in [1.807, 2.05) is 4.57 Å². The van der Waals surface area contributed by atoms with Gasteiger partial charge in [0.05, 0.1) is 0 Å². The van der Waals surface area contributed by atoms with Crippen LogP contribution < -0.4 is 5.32 Å². The summed E-state index contributed by atoms with van der Waals surface area (Å²) in [5, 5.41) is 13.8. The normalized spacial score (nSPS) is 15.2. The standard InChI is InChI=1S/C17H22N2O2/c1-17(2,3)11-4-5-14-12(8-11)13-9-18-7-6-15(13)19(14)10-16(20)21/h4-5,8,18H,6-7,9-10H2,1-3H3,(H,20,21). The lowest BCUT2D eigenvalue weighted by Crippen LogP contribution is -2.25. The van der Waals surface area contributed by atoms with Gasteiger partial charge in [0.15, 0.2) is 0 Å². The van der Waals surface area contributed by atoms with Gasteiger partial charge in [0.1, 0.15) is 6.54 Å². The summed E-state index contributed by atoms with van der Waals surface area (Å²) in [5.41, 5.74) is 4.87. The highest BCUT2D eigenvalue weighted by atomic mass is 16.4. The van der Waals surface area contributed by atoms with Crippen LogP contribution in [0, 0.1) is 0 Å². The van der Waals surface area contributed by atoms with Crippen molar-refractivity contribution in [2.45, 2.75) is 45.7 Å². The first-order valence-electron chi connectivity index (χ1n) is 7.45. The molecular weight excluding hydrogens is 264 g/mol. The van der Waals surface area contributed by atoms with Crippen molar-refractivity contribution in [2.24, 2.45) is 0 Å². The van der Waals surface area contributed by atoms with Crippen molar-refractivity contribution in [1.82, 2.24) is 9.88 Å². The highest BCUT2D eigenvalue weighted by molar-refractivity contribution is 5.88. The molecule has 0 bridgehead atoms. The van der Waals surface area contributed by atoms with E-state index in [-0.39, 0.29) is 12.0 Å². The van der Waals surface area contributed by atoms with Gasteiger partial charge in [0, 0.05) is 36.1 Å². The number of aliphatic carboxylic acids is 1. The Kier molecular flexibility index (Phi) is 3.29. The van der Waals surface area contributed by atoms with Crippen LogP contribution in [-0.4, -0.2) is 22.2 Å². The van der Waals surface area contributed by atoms with Crippen LogP contribution in [0.15, 0.2) is 18.2 Å². The Morgan fingerprint density at radius 3 is 2.81 bits per heavy atom. The molecule has 112 valence electrons. The molecule has 0 fully saturated rings. The zero-order valence-corrected chi connectivity index (χ0v) is 12.9. The lowest BCUT2D eigenvalue weighted by atomic mass is 9.86. The Morgan fingerprint density at radius 2 is 2.14 bits per heavy atom. The second-order valence-electron chi connectivity index (χ2n) is 6.81. The third kappa shape index (κ3) is 2.44. The molecule has 2 heterocycles. The molecule has 1 aliphatic heterocycles. The number of carbonyl (C=O) groups is 1. The summed E-state index contributed by atoms with van der Waals surface area (Å²) in [6.07, 6.45) is 0.891. The van der Waals surface area contributed by atoms with Crippen molar-refractivity contribution >= 4 is 16.9 Å². The Bertz CT molecular complexity index is 708. The van der Waals surface area contributed by atoms with Crippen molar-refractivity contribution in [3.8, 4) is 0 Å². The number of carboxylic acids is 1. The number of hydrogen-bond donors (Lipinski definition) is 2. The van der Waals surface area contributed by atoms with E-state index in [0.717, 1.165) is 25.0 Å². The number of rotatable bonds is 2. The molecule has 1 aliphatic rings. The number of carboxylic acid groups (broad SMARTS) is 1. The lowest BCUT2D eigenvalue weighted by molar-refractivity contribution is -0.137. The molecule has 4 nitrogen and oxygen atoms in total. The number of benzene rings is 1. The third-order valence-corrected chi connectivity index (χ3v) is 4.29.